The van der Waals surface area contributed by atoms with Gasteiger partial charge in [0.2, 0.25) is 0 Å². The molecule has 1 saturated heterocycles. The van der Waals surface area contributed by atoms with Crippen molar-refractivity contribution in [2.75, 3.05) is 19.6 Å². The summed E-state index contributed by atoms with van der Waals surface area (Å²) in [4.78, 5) is 2.58. The summed E-state index contributed by atoms with van der Waals surface area (Å²) in [5.41, 5.74) is 6.31. The molecule has 1 aliphatic carbocycles. The zero-order valence-electron chi connectivity index (χ0n) is 11.9. The molecule has 0 spiro atoms. The molecule has 3 unspecified atom stereocenters. The van der Waals surface area contributed by atoms with E-state index in [-0.39, 0.29) is 6.10 Å². The lowest BCUT2D eigenvalue weighted by molar-refractivity contribution is 0.0642. The minimum Gasteiger partial charge on any atom is -0.393 e. The molecule has 0 bridgehead atoms. The Balaban J connectivity index is 1.76. The van der Waals surface area contributed by atoms with Crippen molar-refractivity contribution in [2.24, 2.45) is 17.6 Å². The summed E-state index contributed by atoms with van der Waals surface area (Å²) >= 11 is 0. The van der Waals surface area contributed by atoms with Crippen molar-refractivity contribution in [1.29, 1.82) is 0 Å². The zero-order chi connectivity index (χ0) is 13.0. The van der Waals surface area contributed by atoms with Gasteiger partial charge in [0.05, 0.1) is 6.10 Å². The maximum Gasteiger partial charge on any atom is 0.0541 e. The summed E-state index contributed by atoms with van der Waals surface area (Å²) in [5, 5.41) is 9.63. The first kappa shape index (κ1) is 14.3. The van der Waals surface area contributed by atoms with Crippen molar-refractivity contribution in [2.45, 2.75) is 64.0 Å². The third-order valence-corrected chi connectivity index (χ3v) is 5.03. The van der Waals surface area contributed by atoms with Gasteiger partial charge in [-0.15, -0.1) is 0 Å². The summed E-state index contributed by atoms with van der Waals surface area (Å²) in [6.07, 6.45) is 8.76. The highest BCUT2D eigenvalue weighted by atomic mass is 16.3. The minimum atomic E-state index is -0.132. The van der Waals surface area contributed by atoms with Crippen LogP contribution in [0.5, 0.6) is 0 Å². The average Bonchev–Trinajstić information content (AvgIpc) is 2.56. The molecule has 0 amide bonds. The van der Waals surface area contributed by atoms with Crippen molar-refractivity contribution in [3.8, 4) is 0 Å². The molecule has 3 N–H and O–H groups in total. The topological polar surface area (TPSA) is 49.5 Å². The number of piperidine rings is 1. The molecule has 3 nitrogen and oxygen atoms in total. The summed E-state index contributed by atoms with van der Waals surface area (Å²) in [7, 11) is 0. The van der Waals surface area contributed by atoms with E-state index < -0.39 is 0 Å². The summed E-state index contributed by atoms with van der Waals surface area (Å²) < 4.78 is 0. The van der Waals surface area contributed by atoms with Gasteiger partial charge < -0.3 is 15.7 Å². The first-order valence-electron chi connectivity index (χ1n) is 7.83. The Hall–Kier alpha value is -0.120. The number of aliphatic hydroxyl groups is 1. The van der Waals surface area contributed by atoms with Gasteiger partial charge in [0.1, 0.15) is 0 Å². The Morgan fingerprint density at radius 2 is 1.78 bits per heavy atom. The van der Waals surface area contributed by atoms with Crippen molar-refractivity contribution < 1.29 is 5.11 Å². The minimum absolute atomic E-state index is 0.132. The Morgan fingerprint density at radius 1 is 1.11 bits per heavy atom. The Labute approximate surface area is 112 Å². The number of nitrogens with two attached hydrogens (primary N) is 1. The van der Waals surface area contributed by atoms with Crippen molar-refractivity contribution in [3.05, 3.63) is 0 Å². The predicted molar refractivity (Wildman–Crippen MR) is 75.4 cm³/mol. The SMILES string of the molecule is CC(O)C1CCN(CC2CCCCCC2N)CC1. The van der Waals surface area contributed by atoms with E-state index in [9.17, 15) is 5.11 Å². The van der Waals surface area contributed by atoms with E-state index in [4.69, 9.17) is 5.73 Å². The molecule has 1 heterocycles. The second-order valence-electron chi connectivity index (χ2n) is 6.44. The molecule has 2 fully saturated rings. The normalized spacial score (nSPS) is 34.2. The van der Waals surface area contributed by atoms with Crippen LogP contribution in [0.25, 0.3) is 0 Å². The average molecular weight is 254 g/mol. The van der Waals surface area contributed by atoms with E-state index in [1.54, 1.807) is 0 Å². The first-order valence-corrected chi connectivity index (χ1v) is 7.83. The van der Waals surface area contributed by atoms with Gasteiger partial charge in [-0.3, -0.25) is 0 Å². The molecule has 0 aromatic carbocycles. The quantitative estimate of drug-likeness (QED) is 0.757. The Kier molecular flexibility index (Phi) is 5.46. The lowest BCUT2D eigenvalue weighted by Crippen LogP contribution is -2.43. The monoisotopic (exact) mass is 254 g/mol. The van der Waals surface area contributed by atoms with Gasteiger partial charge in [-0.1, -0.05) is 19.3 Å². The molecule has 2 rings (SSSR count). The number of hydrogen-bond acceptors (Lipinski definition) is 3. The highest BCUT2D eigenvalue weighted by Crippen LogP contribution is 2.26. The third-order valence-electron chi connectivity index (χ3n) is 5.03. The maximum atomic E-state index is 9.63. The van der Waals surface area contributed by atoms with Crippen LogP contribution in [0.1, 0.15) is 51.9 Å². The third kappa shape index (κ3) is 3.94. The second-order valence-corrected chi connectivity index (χ2v) is 6.44. The van der Waals surface area contributed by atoms with Crippen LogP contribution in [0.3, 0.4) is 0 Å². The fourth-order valence-electron chi connectivity index (χ4n) is 3.59. The standard InChI is InChI=1S/C15H30N2O/c1-12(18)13-7-9-17(10-8-13)11-14-5-3-2-4-6-15(14)16/h12-15,18H,2-11,16H2,1H3. The van der Waals surface area contributed by atoms with Crippen LogP contribution in [0.15, 0.2) is 0 Å². The maximum absolute atomic E-state index is 9.63. The van der Waals surface area contributed by atoms with E-state index in [0.717, 1.165) is 25.9 Å². The molecule has 106 valence electrons. The molecule has 0 aromatic rings. The Bertz CT molecular complexity index is 237. The first-order chi connectivity index (χ1) is 8.66. The molecule has 2 aliphatic rings. The highest BCUT2D eigenvalue weighted by molar-refractivity contribution is 4.82. The van der Waals surface area contributed by atoms with E-state index in [1.807, 2.05) is 6.92 Å². The second kappa shape index (κ2) is 6.88. The highest BCUT2D eigenvalue weighted by Gasteiger charge is 2.27. The summed E-state index contributed by atoms with van der Waals surface area (Å²) in [6.45, 7) is 5.42. The van der Waals surface area contributed by atoms with Crippen LogP contribution in [0, 0.1) is 11.8 Å². The smallest absolute Gasteiger partial charge is 0.0541 e. The van der Waals surface area contributed by atoms with Gasteiger partial charge in [0, 0.05) is 12.6 Å². The van der Waals surface area contributed by atoms with E-state index in [0.29, 0.717) is 17.9 Å². The van der Waals surface area contributed by atoms with Crippen molar-refractivity contribution in [3.63, 3.8) is 0 Å². The van der Waals surface area contributed by atoms with Gasteiger partial charge in [0.25, 0.3) is 0 Å². The molecule has 1 aliphatic heterocycles. The fraction of sp³-hybridized carbons (Fsp3) is 1.00. The number of hydrogen-bond donors (Lipinski definition) is 2. The largest absolute Gasteiger partial charge is 0.393 e. The van der Waals surface area contributed by atoms with Crippen LogP contribution in [-0.4, -0.2) is 41.8 Å². The molecule has 3 atom stereocenters. The lowest BCUT2D eigenvalue weighted by atomic mass is 9.90. The number of rotatable bonds is 3. The molecule has 0 radical (unpaired) electrons. The van der Waals surface area contributed by atoms with Crippen LogP contribution in [0.4, 0.5) is 0 Å². The number of nitrogens with zero attached hydrogens (tertiary/aromatic N) is 1. The predicted octanol–water partition coefficient (Wildman–Crippen LogP) is 1.99. The van der Waals surface area contributed by atoms with E-state index in [2.05, 4.69) is 4.90 Å². The van der Waals surface area contributed by atoms with Gasteiger partial charge in [-0.05, 0) is 57.5 Å². The van der Waals surface area contributed by atoms with Crippen molar-refractivity contribution >= 4 is 0 Å². The molecule has 0 aromatic heterocycles. The van der Waals surface area contributed by atoms with Crippen LogP contribution >= 0.6 is 0 Å². The summed E-state index contributed by atoms with van der Waals surface area (Å²) in [6, 6.07) is 0.419. The summed E-state index contributed by atoms with van der Waals surface area (Å²) in [5.74, 6) is 1.22. The molecule has 1 saturated carbocycles. The van der Waals surface area contributed by atoms with Crippen LogP contribution in [-0.2, 0) is 0 Å². The number of aliphatic hydroxyl groups excluding tert-OH is 1. The van der Waals surface area contributed by atoms with Gasteiger partial charge in [-0.2, -0.15) is 0 Å². The zero-order valence-corrected chi connectivity index (χ0v) is 11.9. The number of likely N-dealkylation sites (tertiary alicyclic amines) is 1. The van der Waals surface area contributed by atoms with E-state index >= 15 is 0 Å². The Morgan fingerprint density at radius 3 is 2.44 bits per heavy atom. The van der Waals surface area contributed by atoms with Gasteiger partial charge in [0.15, 0.2) is 0 Å². The molecule has 18 heavy (non-hydrogen) atoms. The van der Waals surface area contributed by atoms with Crippen LogP contribution < -0.4 is 5.73 Å². The molecular weight excluding hydrogens is 224 g/mol. The van der Waals surface area contributed by atoms with Crippen LogP contribution in [0.2, 0.25) is 0 Å². The van der Waals surface area contributed by atoms with Crippen molar-refractivity contribution in [1.82, 2.24) is 4.90 Å². The lowest BCUT2D eigenvalue weighted by Gasteiger charge is -2.36. The van der Waals surface area contributed by atoms with Gasteiger partial charge in [-0.25, -0.2) is 0 Å². The molecule has 3 heteroatoms. The fourth-order valence-corrected chi connectivity index (χ4v) is 3.59. The van der Waals surface area contributed by atoms with E-state index in [1.165, 1.54) is 38.6 Å². The van der Waals surface area contributed by atoms with Gasteiger partial charge >= 0.3 is 0 Å². The molecular formula is C15H30N2O.